The van der Waals surface area contributed by atoms with Crippen LogP contribution in [-0.4, -0.2) is 9.97 Å². The molecule has 2 aromatic heterocycles. The molecular weight excluding hydrogens is 314 g/mol. The van der Waals surface area contributed by atoms with E-state index in [1.165, 1.54) is 11.1 Å². The molecule has 0 saturated heterocycles. The number of benzene rings is 1. The van der Waals surface area contributed by atoms with Crippen LogP contribution in [0.2, 0.25) is 0 Å². The Morgan fingerprint density at radius 2 is 1.85 bits per heavy atom. The Bertz CT molecular complexity index is 784. The molecule has 20 heavy (non-hydrogen) atoms. The van der Waals surface area contributed by atoms with Gasteiger partial charge in [0.05, 0.1) is 11.2 Å². The molecule has 0 bridgehead atoms. The van der Waals surface area contributed by atoms with Gasteiger partial charge in [-0.3, -0.25) is 9.97 Å². The van der Waals surface area contributed by atoms with Crippen LogP contribution in [0.25, 0.3) is 11.0 Å². The average Bonchev–Trinajstić information content (AvgIpc) is 2.43. The highest BCUT2D eigenvalue weighted by Gasteiger charge is 2.06. The summed E-state index contributed by atoms with van der Waals surface area (Å²) in [6, 6.07) is 10.3. The van der Waals surface area contributed by atoms with Crippen molar-refractivity contribution in [3.8, 4) is 0 Å². The van der Waals surface area contributed by atoms with Crippen LogP contribution in [-0.2, 0) is 0 Å². The van der Waals surface area contributed by atoms with Gasteiger partial charge >= 0.3 is 0 Å². The van der Waals surface area contributed by atoms with Gasteiger partial charge < -0.3 is 5.32 Å². The largest absolute Gasteiger partial charge is 0.353 e. The first-order chi connectivity index (χ1) is 9.63. The van der Waals surface area contributed by atoms with E-state index in [1.807, 2.05) is 12.1 Å². The summed E-state index contributed by atoms with van der Waals surface area (Å²) in [7, 11) is 0. The predicted octanol–water partition coefficient (Wildman–Crippen LogP) is 4.75. The summed E-state index contributed by atoms with van der Waals surface area (Å²) in [4.78, 5) is 8.81. The summed E-state index contributed by atoms with van der Waals surface area (Å²) >= 11 is 3.42. The van der Waals surface area contributed by atoms with Gasteiger partial charge in [0.15, 0.2) is 0 Å². The van der Waals surface area contributed by atoms with E-state index < -0.39 is 0 Å². The van der Waals surface area contributed by atoms with Gasteiger partial charge in [-0.2, -0.15) is 0 Å². The van der Waals surface area contributed by atoms with Gasteiger partial charge in [-0.25, -0.2) is 0 Å². The van der Waals surface area contributed by atoms with Crippen LogP contribution in [0.5, 0.6) is 0 Å². The molecule has 0 spiro atoms. The third kappa shape index (κ3) is 2.51. The van der Waals surface area contributed by atoms with Crippen LogP contribution >= 0.6 is 15.9 Å². The molecule has 0 atom stereocenters. The standard InChI is InChI=1S/C16H14BrN3/c1-10-3-4-11(2)14(7-10)20-13-5-6-18-15-8-12(17)9-19-16(13)15/h3-9H,1-2H3,(H,18,20). The lowest BCUT2D eigenvalue weighted by atomic mass is 10.1. The number of nitrogens with zero attached hydrogens (tertiary/aromatic N) is 2. The maximum atomic E-state index is 4.46. The van der Waals surface area contributed by atoms with Crippen molar-refractivity contribution < 1.29 is 0 Å². The normalized spacial score (nSPS) is 10.8. The molecule has 0 unspecified atom stereocenters. The first-order valence-corrected chi connectivity index (χ1v) is 7.17. The molecule has 3 nitrogen and oxygen atoms in total. The molecule has 3 aromatic rings. The van der Waals surface area contributed by atoms with Crippen molar-refractivity contribution in [2.24, 2.45) is 0 Å². The molecule has 2 heterocycles. The second-order valence-corrected chi connectivity index (χ2v) is 5.74. The summed E-state index contributed by atoms with van der Waals surface area (Å²) < 4.78 is 0.932. The molecule has 0 aliphatic heterocycles. The Morgan fingerprint density at radius 1 is 1.00 bits per heavy atom. The summed E-state index contributed by atoms with van der Waals surface area (Å²) in [6.07, 6.45) is 3.59. The van der Waals surface area contributed by atoms with Crippen molar-refractivity contribution >= 4 is 38.3 Å². The number of anilines is 2. The van der Waals surface area contributed by atoms with Gasteiger partial charge in [0.25, 0.3) is 0 Å². The van der Waals surface area contributed by atoms with Gasteiger partial charge in [-0.15, -0.1) is 0 Å². The van der Waals surface area contributed by atoms with Crippen LogP contribution < -0.4 is 5.32 Å². The maximum absolute atomic E-state index is 4.46. The monoisotopic (exact) mass is 327 g/mol. The van der Waals surface area contributed by atoms with E-state index in [9.17, 15) is 0 Å². The number of rotatable bonds is 2. The first-order valence-electron chi connectivity index (χ1n) is 6.38. The zero-order valence-corrected chi connectivity index (χ0v) is 12.9. The number of aryl methyl sites for hydroxylation is 2. The number of pyridine rings is 2. The van der Waals surface area contributed by atoms with Gasteiger partial charge in [0, 0.05) is 22.6 Å². The minimum atomic E-state index is 0.870. The molecular formula is C16H14BrN3. The van der Waals surface area contributed by atoms with E-state index in [0.29, 0.717) is 0 Å². The Morgan fingerprint density at radius 3 is 2.70 bits per heavy atom. The fraction of sp³-hybridized carbons (Fsp3) is 0.125. The summed E-state index contributed by atoms with van der Waals surface area (Å²) in [5, 5.41) is 3.46. The highest BCUT2D eigenvalue weighted by Crippen LogP contribution is 2.27. The van der Waals surface area contributed by atoms with Gasteiger partial charge in [-0.05, 0) is 59.1 Å². The van der Waals surface area contributed by atoms with Crippen molar-refractivity contribution in [3.63, 3.8) is 0 Å². The van der Waals surface area contributed by atoms with Crippen molar-refractivity contribution in [2.75, 3.05) is 5.32 Å². The van der Waals surface area contributed by atoms with Crippen LogP contribution in [0.15, 0.2) is 47.2 Å². The summed E-state index contributed by atoms with van der Waals surface area (Å²) in [5.74, 6) is 0. The summed E-state index contributed by atoms with van der Waals surface area (Å²) in [5.41, 5.74) is 6.24. The lowest BCUT2D eigenvalue weighted by Gasteiger charge is -2.12. The first kappa shape index (κ1) is 13.1. The minimum Gasteiger partial charge on any atom is -0.353 e. The van der Waals surface area contributed by atoms with Crippen LogP contribution in [0.3, 0.4) is 0 Å². The molecule has 0 amide bonds. The van der Waals surface area contributed by atoms with E-state index in [-0.39, 0.29) is 0 Å². The van der Waals surface area contributed by atoms with Crippen LogP contribution in [0, 0.1) is 13.8 Å². The third-order valence-corrected chi connectivity index (χ3v) is 3.64. The SMILES string of the molecule is Cc1ccc(C)c(Nc2ccnc3cc(Br)cnc23)c1. The predicted molar refractivity (Wildman–Crippen MR) is 86.4 cm³/mol. The number of fused-ring (bicyclic) bond motifs is 1. The molecule has 0 saturated carbocycles. The fourth-order valence-corrected chi connectivity index (χ4v) is 2.44. The lowest BCUT2D eigenvalue weighted by Crippen LogP contribution is -1.96. The molecule has 100 valence electrons. The third-order valence-electron chi connectivity index (χ3n) is 3.21. The van der Waals surface area contributed by atoms with Gasteiger partial charge in [0.1, 0.15) is 5.52 Å². The lowest BCUT2D eigenvalue weighted by molar-refractivity contribution is 1.31. The van der Waals surface area contributed by atoms with E-state index in [2.05, 4.69) is 63.3 Å². The highest BCUT2D eigenvalue weighted by molar-refractivity contribution is 9.10. The van der Waals surface area contributed by atoms with Gasteiger partial charge in [-0.1, -0.05) is 12.1 Å². The summed E-state index contributed by atoms with van der Waals surface area (Å²) in [6.45, 7) is 4.18. The minimum absolute atomic E-state index is 0.870. The van der Waals surface area contributed by atoms with Crippen LogP contribution in [0.4, 0.5) is 11.4 Å². The second-order valence-electron chi connectivity index (χ2n) is 4.82. The van der Waals surface area contributed by atoms with Crippen molar-refractivity contribution in [3.05, 3.63) is 58.3 Å². The van der Waals surface area contributed by atoms with Crippen molar-refractivity contribution in [1.29, 1.82) is 0 Å². The second kappa shape index (κ2) is 5.21. The Balaban J connectivity index is 2.09. The fourth-order valence-electron chi connectivity index (χ4n) is 2.12. The molecule has 0 fully saturated rings. The average molecular weight is 328 g/mol. The maximum Gasteiger partial charge on any atom is 0.112 e. The van der Waals surface area contributed by atoms with E-state index in [1.54, 1.807) is 12.4 Å². The molecule has 4 heteroatoms. The Kier molecular flexibility index (Phi) is 3.40. The smallest absolute Gasteiger partial charge is 0.112 e. The molecule has 0 aliphatic carbocycles. The molecule has 0 aliphatic rings. The zero-order valence-electron chi connectivity index (χ0n) is 11.3. The molecule has 0 radical (unpaired) electrons. The van der Waals surface area contributed by atoms with E-state index in [0.717, 1.165) is 26.9 Å². The highest BCUT2D eigenvalue weighted by atomic mass is 79.9. The molecule has 1 N–H and O–H groups in total. The number of hydrogen-bond donors (Lipinski definition) is 1. The zero-order chi connectivity index (χ0) is 14.1. The quantitative estimate of drug-likeness (QED) is 0.737. The van der Waals surface area contributed by atoms with E-state index >= 15 is 0 Å². The molecule has 1 aromatic carbocycles. The number of nitrogens with one attached hydrogen (secondary N) is 1. The number of hydrogen-bond acceptors (Lipinski definition) is 3. The Hall–Kier alpha value is -1.94. The van der Waals surface area contributed by atoms with Crippen molar-refractivity contribution in [2.45, 2.75) is 13.8 Å². The number of aromatic nitrogens is 2. The Labute approximate surface area is 126 Å². The van der Waals surface area contributed by atoms with Gasteiger partial charge in [0.2, 0.25) is 0 Å². The van der Waals surface area contributed by atoms with Crippen LogP contribution in [0.1, 0.15) is 11.1 Å². The van der Waals surface area contributed by atoms with Crippen molar-refractivity contribution in [1.82, 2.24) is 9.97 Å². The molecule has 3 rings (SSSR count). The number of halogens is 1. The topological polar surface area (TPSA) is 37.8 Å². The van der Waals surface area contributed by atoms with E-state index in [4.69, 9.17) is 0 Å².